The van der Waals surface area contributed by atoms with Gasteiger partial charge in [0.05, 0.1) is 11.1 Å². The van der Waals surface area contributed by atoms with Crippen LogP contribution in [0.1, 0.15) is 11.1 Å². The van der Waals surface area contributed by atoms with Gasteiger partial charge in [0.2, 0.25) is 5.95 Å². The summed E-state index contributed by atoms with van der Waals surface area (Å²) in [4.78, 5) is 8.63. The molecule has 0 fully saturated rings. The van der Waals surface area contributed by atoms with E-state index in [1.165, 1.54) is 0 Å². The van der Waals surface area contributed by atoms with Crippen molar-refractivity contribution in [1.82, 2.24) is 19.7 Å². The number of aryl methyl sites for hydroxylation is 3. The predicted molar refractivity (Wildman–Crippen MR) is 80.0 cm³/mol. The van der Waals surface area contributed by atoms with Gasteiger partial charge >= 0.3 is 0 Å². The molecule has 0 unspecified atom stereocenters. The molecule has 3 rings (SSSR count). The minimum Gasteiger partial charge on any atom is -0.382 e. The summed E-state index contributed by atoms with van der Waals surface area (Å²) in [5, 5.41) is 4.96. The van der Waals surface area contributed by atoms with E-state index in [-0.39, 0.29) is 5.95 Å². The van der Waals surface area contributed by atoms with Crippen LogP contribution < -0.4 is 11.5 Å². The fourth-order valence-corrected chi connectivity index (χ4v) is 2.56. The van der Waals surface area contributed by atoms with Crippen LogP contribution in [0.2, 0.25) is 0 Å². The lowest BCUT2D eigenvalue weighted by Crippen LogP contribution is -2.01. The molecule has 0 aliphatic heterocycles. The second kappa shape index (κ2) is 4.19. The van der Waals surface area contributed by atoms with Crippen molar-refractivity contribution >= 4 is 22.8 Å². The maximum Gasteiger partial charge on any atom is 0.222 e. The Hall–Kier alpha value is -2.63. The normalized spacial score (nSPS) is 11.2. The number of benzene rings is 1. The fraction of sp³-hybridized carbons (Fsp3) is 0.214. The Kier molecular flexibility index (Phi) is 2.60. The van der Waals surface area contributed by atoms with Gasteiger partial charge in [-0.25, -0.2) is 9.67 Å². The second-order valence-corrected chi connectivity index (χ2v) is 4.90. The second-order valence-electron chi connectivity index (χ2n) is 4.90. The van der Waals surface area contributed by atoms with E-state index in [0.717, 1.165) is 27.8 Å². The number of anilines is 2. The minimum absolute atomic E-state index is 0.221. The molecule has 0 amide bonds. The third-order valence-corrected chi connectivity index (χ3v) is 3.45. The Morgan fingerprint density at radius 1 is 1.05 bits per heavy atom. The summed E-state index contributed by atoms with van der Waals surface area (Å²) in [7, 11) is 1.79. The van der Waals surface area contributed by atoms with Crippen molar-refractivity contribution in [3.63, 3.8) is 0 Å². The van der Waals surface area contributed by atoms with Gasteiger partial charge in [-0.2, -0.15) is 10.1 Å². The number of nitrogens with zero attached hydrogens (tertiary/aromatic N) is 4. The van der Waals surface area contributed by atoms with Crippen LogP contribution in [0.15, 0.2) is 18.2 Å². The Bertz CT molecular complexity index is 798. The summed E-state index contributed by atoms with van der Waals surface area (Å²) in [6, 6.07) is 6.10. The van der Waals surface area contributed by atoms with Gasteiger partial charge in [0.15, 0.2) is 11.5 Å². The van der Waals surface area contributed by atoms with E-state index < -0.39 is 0 Å². The molecule has 0 radical (unpaired) electrons. The lowest BCUT2D eigenvalue weighted by molar-refractivity contribution is 0.791. The maximum absolute atomic E-state index is 6.01. The van der Waals surface area contributed by atoms with E-state index in [9.17, 15) is 0 Å². The Balaban J connectivity index is 2.48. The highest BCUT2D eigenvalue weighted by Crippen LogP contribution is 2.34. The molecule has 6 nitrogen and oxygen atoms in total. The molecule has 0 aliphatic rings. The van der Waals surface area contributed by atoms with Gasteiger partial charge in [-0.3, -0.25) is 0 Å². The number of hydrogen-bond acceptors (Lipinski definition) is 5. The smallest absolute Gasteiger partial charge is 0.222 e. The van der Waals surface area contributed by atoms with E-state index >= 15 is 0 Å². The number of hydrogen-bond donors (Lipinski definition) is 2. The molecule has 0 saturated heterocycles. The first-order valence-corrected chi connectivity index (χ1v) is 6.31. The molecule has 20 heavy (non-hydrogen) atoms. The molecular formula is C14H16N6. The number of aromatic nitrogens is 4. The van der Waals surface area contributed by atoms with Gasteiger partial charge in [0.1, 0.15) is 0 Å². The molecule has 0 aliphatic carbocycles. The average molecular weight is 268 g/mol. The molecule has 0 atom stereocenters. The Morgan fingerprint density at radius 3 is 2.35 bits per heavy atom. The lowest BCUT2D eigenvalue weighted by atomic mass is 9.98. The van der Waals surface area contributed by atoms with Crippen LogP contribution in [-0.4, -0.2) is 19.7 Å². The first kappa shape index (κ1) is 12.4. The van der Waals surface area contributed by atoms with Crippen LogP contribution in [-0.2, 0) is 7.05 Å². The van der Waals surface area contributed by atoms with Gasteiger partial charge in [-0.1, -0.05) is 18.2 Å². The zero-order valence-electron chi connectivity index (χ0n) is 11.7. The van der Waals surface area contributed by atoms with Crippen LogP contribution in [0, 0.1) is 13.8 Å². The molecule has 0 bridgehead atoms. The predicted octanol–water partition coefficient (Wildman–Crippen LogP) is 1.81. The molecule has 102 valence electrons. The van der Waals surface area contributed by atoms with E-state index in [1.54, 1.807) is 11.7 Å². The third-order valence-electron chi connectivity index (χ3n) is 3.45. The summed E-state index contributed by atoms with van der Waals surface area (Å²) < 4.78 is 1.62. The van der Waals surface area contributed by atoms with E-state index in [1.807, 2.05) is 32.0 Å². The van der Waals surface area contributed by atoms with Crippen molar-refractivity contribution < 1.29 is 0 Å². The minimum atomic E-state index is 0.221. The van der Waals surface area contributed by atoms with Crippen molar-refractivity contribution in [3.05, 3.63) is 29.3 Å². The number of rotatable bonds is 1. The van der Waals surface area contributed by atoms with Gasteiger partial charge < -0.3 is 11.5 Å². The van der Waals surface area contributed by atoms with Crippen molar-refractivity contribution in [3.8, 4) is 11.3 Å². The summed E-state index contributed by atoms with van der Waals surface area (Å²) in [5.74, 6) is 0.637. The van der Waals surface area contributed by atoms with E-state index in [2.05, 4.69) is 15.1 Å². The summed E-state index contributed by atoms with van der Waals surface area (Å²) in [6.45, 7) is 4.08. The van der Waals surface area contributed by atoms with Crippen LogP contribution in [0.3, 0.4) is 0 Å². The summed E-state index contributed by atoms with van der Waals surface area (Å²) in [6.07, 6.45) is 0. The van der Waals surface area contributed by atoms with Crippen molar-refractivity contribution in [1.29, 1.82) is 0 Å². The molecule has 0 saturated carbocycles. The van der Waals surface area contributed by atoms with Crippen LogP contribution in [0.25, 0.3) is 22.3 Å². The van der Waals surface area contributed by atoms with Crippen LogP contribution in [0.4, 0.5) is 11.8 Å². The number of nitrogen functional groups attached to an aromatic ring is 2. The average Bonchev–Trinajstić information content (AvgIpc) is 2.64. The van der Waals surface area contributed by atoms with Crippen molar-refractivity contribution in [2.24, 2.45) is 7.05 Å². The molecule has 3 aromatic rings. The molecule has 2 aromatic heterocycles. The largest absolute Gasteiger partial charge is 0.382 e. The standard InChI is InChI=1S/C14H16N6/c1-7-5-4-6-8(2)9(7)11-10-12(15)19-20(3)13(10)18-14(16)17-11/h4-6H,1-3H3,(H2,15,19)(H2,16,17,18). The molecule has 6 heteroatoms. The van der Waals surface area contributed by atoms with Gasteiger partial charge in [-0.05, 0) is 25.0 Å². The zero-order valence-corrected chi connectivity index (χ0v) is 11.7. The lowest BCUT2D eigenvalue weighted by Gasteiger charge is -2.10. The van der Waals surface area contributed by atoms with Crippen molar-refractivity contribution in [2.45, 2.75) is 13.8 Å². The highest BCUT2D eigenvalue weighted by Gasteiger charge is 2.18. The van der Waals surface area contributed by atoms with Gasteiger partial charge in [0.25, 0.3) is 0 Å². The van der Waals surface area contributed by atoms with E-state index in [4.69, 9.17) is 11.5 Å². The fourth-order valence-electron chi connectivity index (χ4n) is 2.56. The topological polar surface area (TPSA) is 95.6 Å². The number of fused-ring (bicyclic) bond motifs is 1. The highest BCUT2D eigenvalue weighted by atomic mass is 15.3. The monoisotopic (exact) mass is 268 g/mol. The highest BCUT2D eigenvalue weighted by molar-refractivity contribution is 6.00. The van der Waals surface area contributed by atoms with Crippen LogP contribution >= 0.6 is 0 Å². The molecule has 1 aromatic carbocycles. The molecule has 4 N–H and O–H groups in total. The molecule has 2 heterocycles. The molecule has 0 spiro atoms. The maximum atomic E-state index is 6.01. The zero-order chi connectivity index (χ0) is 14.4. The van der Waals surface area contributed by atoms with Crippen molar-refractivity contribution in [2.75, 3.05) is 11.5 Å². The summed E-state index contributed by atoms with van der Waals surface area (Å²) in [5.41, 5.74) is 16.5. The quantitative estimate of drug-likeness (QED) is 0.701. The first-order valence-electron chi connectivity index (χ1n) is 6.31. The first-order chi connectivity index (χ1) is 9.49. The van der Waals surface area contributed by atoms with E-state index in [0.29, 0.717) is 11.5 Å². The van der Waals surface area contributed by atoms with Crippen LogP contribution in [0.5, 0.6) is 0 Å². The Morgan fingerprint density at radius 2 is 1.70 bits per heavy atom. The number of nitrogens with two attached hydrogens (primary N) is 2. The SMILES string of the molecule is Cc1cccc(C)c1-c1nc(N)nc2c1c(N)nn2C. The Labute approximate surface area is 116 Å². The molecular weight excluding hydrogens is 252 g/mol. The van der Waals surface area contributed by atoms with Gasteiger partial charge in [0, 0.05) is 12.6 Å². The third kappa shape index (κ3) is 1.69. The summed E-state index contributed by atoms with van der Waals surface area (Å²) >= 11 is 0. The van der Waals surface area contributed by atoms with Gasteiger partial charge in [-0.15, -0.1) is 0 Å².